The molecule has 2 aromatic rings. The average molecular weight is 444 g/mol. The van der Waals surface area contributed by atoms with E-state index in [2.05, 4.69) is 49.1 Å². The van der Waals surface area contributed by atoms with Crippen molar-refractivity contribution < 1.29 is 13.6 Å². The van der Waals surface area contributed by atoms with E-state index in [0.717, 1.165) is 37.4 Å². The Morgan fingerprint density at radius 3 is 2.35 bits per heavy atom. The maximum absolute atomic E-state index is 13.1. The molecule has 1 aromatic heterocycles. The standard InChI is InChI=1S/C24H34FN3O2Si/c1-24(2,3)31(4,5)30-21-10-11-22(26-17-21)27-23(29)16-18-12-14-28(15-13-18)20-8-6-19(25)7-9-20/h6-11,17-18H,12-16H2,1-5H3,(H,26,27,29). The van der Waals surface area contributed by atoms with Gasteiger partial charge in [-0.05, 0) is 73.3 Å². The number of aromatic nitrogens is 1. The van der Waals surface area contributed by atoms with Crippen LogP contribution in [0.2, 0.25) is 18.1 Å². The fourth-order valence-electron chi connectivity index (χ4n) is 3.47. The minimum absolute atomic E-state index is 0.00852. The van der Waals surface area contributed by atoms with Gasteiger partial charge in [-0.2, -0.15) is 0 Å². The second-order valence-electron chi connectivity index (χ2n) is 9.90. The third kappa shape index (κ3) is 6.29. The van der Waals surface area contributed by atoms with Crippen LogP contribution in [0.1, 0.15) is 40.0 Å². The largest absolute Gasteiger partial charge is 0.542 e. The first-order valence-corrected chi connectivity index (χ1v) is 13.9. The summed E-state index contributed by atoms with van der Waals surface area (Å²) in [6.45, 7) is 12.7. The van der Waals surface area contributed by atoms with Gasteiger partial charge in [0, 0.05) is 25.2 Å². The SMILES string of the molecule is CC(C)(C)[Si](C)(C)Oc1ccc(NC(=O)CC2CCN(c3ccc(F)cc3)CC2)nc1. The molecule has 0 aliphatic carbocycles. The Labute approximate surface area is 186 Å². The van der Waals surface area contributed by atoms with Gasteiger partial charge < -0.3 is 14.6 Å². The molecule has 0 spiro atoms. The Kier molecular flexibility index (Phi) is 7.04. The van der Waals surface area contributed by atoms with Crippen LogP contribution in [0.15, 0.2) is 42.6 Å². The third-order valence-corrected chi connectivity index (χ3v) is 10.8. The summed E-state index contributed by atoms with van der Waals surface area (Å²) >= 11 is 0. The number of benzene rings is 1. The number of carbonyl (C=O) groups is 1. The minimum Gasteiger partial charge on any atom is -0.542 e. The second kappa shape index (κ2) is 9.38. The predicted octanol–water partition coefficient (Wildman–Crippen LogP) is 5.85. The van der Waals surface area contributed by atoms with Gasteiger partial charge in [0.15, 0.2) is 0 Å². The van der Waals surface area contributed by atoms with Crippen LogP contribution in [0.3, 0.4) is 0 Å². The zero-order chi connectivity index (χ0) is 22.6. The topological polar surface area (TPSA) is 54.5 Å². The summed E-state index contributed by atoms with van der Waals surface area (Å²) in [5, 5.41) is 3.03. The normalized spacial score (nSPS) is 15.6. The highest BCUT2D eigenvalue weighted by atomic mass is 28.4. The maximum Gasteiger partial charge on any atom is 0.250 e. The molecule has 1 aliphatic rings. The quantitative estimate of drug-likeness (QED) is 0.569. The molecule has 3 rings (SSSR count). The molecule has 7 heteroatoms. The van der Waals surface area contributed by atoms with Gasteiger partial charge in [-0.3, -0.25) is 4.79 Å². The fraction of sp³-hybridized carbons (Fsp3) is 0.500. The van der Waals surface area contributed by atoms with E-state index in [1.165, 1.54) is 12.1 Å². The lowest BCUT2D eigenvalue weighted by Gasteiger charge is -2.36. The molecule has 1 saturated heterocycles. The van der Waals surface area contributed by atoms with E-state index >= 15 is 0 Å². The number of anilines is 2. The van der Waals surface area contributed by atoms with Gasteiger partial charge in [-0.15, -0.1) is 0 Å². The number of rotatable bonds is 6. The molecule has 2 heterocycles. The van der Waals surface area contributed by atoms with Crippen LogP contribution >= 0.6 is 0 Å². The lowest BCUT2D eigenvalue weighted by molar-refractivity contribution is -0.117. The number of nitrogens with zero attached hydrogens (tertiary/aromatic N) is 2. The number of halogens is 1. The minimum atomic E-state index is -1.91. The highest BCUT2D eigenvalue weighted by molar-refractivity contribution is 6.74. The second-order valence-corrected chi connectivity index (χ2v) is 14.6. The maximum atomic E-state index is 13.1. The Bertz CT molecular complexity index is 871. The van der Waals surface area contributed by atoms with Crippen molar-refractivity contribution >= 4 is 25.7 Å². The number of piperidine rings is 1. The van der Waals surface area contributed by atoms with E-state index in [1.807, 2.05) is 18.2 Å². The number of carbonyl (C=O) groups excluding carboxylic acids is 1. The van der Waals surface area contributed by atoms with Crippen molar-refractivity contribution in [3.63, 3.8) is 0 Å². The zero-order valence-electron chi connectivity index (χ0n) is 19.2. The van der Waals surface area contributed by atoms with Gasteiger partial charge in [-0.1, -0.05) is 20.8 Å². The van der Waals surface area contributed by atoms with Crippen LogP contribution in [-0.4, -0.2) is 32.3 Å². The molecule has 168 valence electrons. The molecule has 0 radical (unpaired) electrons. The van der Waals surface area contributed by atoms with Gasteiger partial charge in [0.25, 0.3) is 8.32 Å². The summed E-state index contributed by atoms with van der Waals surface area (Å²) in [6.07, 6.45) is 4.06. The first-order valence-electron chi connectivity index (χ1n) is 11.0. The van der Waals surface area contributed by atoms with Crippen molar-refractivity contribution in [2.45, 2.75) is 58.2 Å². The predicted molar refractivity (Wildman–Crippen MR) is 127 cm³/mol. The van der Waals surface area contributed by atoms with Crippen LogP contribution in [-0.2, 0) is 4.79 Å². The number of amides is 1. The van der Waals surface area contributed by atoms with Crippen LogP contribution in [0.5, 0.6) is 5.75 Å². The Hall–Kier alpha value is -2.41. The molecule has 0 bridgehead atoms. The summed E-state index contributed by atoms with van der Waals surface area (Å²) in [4.78, 5) is 19.1. The van der Waals surface area contributed by atoms with Crippen molar-refractivity contribution in [1.82, 2.24) is 4.98 Å². The highest BCUT2D eigenvalue weighted by Gasteiger charge is 2.39. The van der Waals surface area contributed by atoms with Gasteiger partial charge in [-0.25, -0.2) is 9.37 Å². The van der Waals surface area contributed by atoms with Crippen molar-refractivity contribution in [1.29, 1.82) is 0 Å². The Morgan fingerprint density at radius 1 is 1.16 bits per heavy atom. The Morgan fingerprint density at radius 2 is 1.81 bits per heavy atom. The van der Waals surface area contributed by atoms with Gasteiger partial charge in [0.05, 0.1) is 6.20 Å². The molecule has 1 N–H and O–H groups in total. The smallest absolute Gasteiger partial charge is 0.250 e. The summed E-state index contributed by atoms with van der Waals surface area (Å²) in [7, 11) is -1.91. The Balaban J connectivity index is 1.46. The van der Waals surface area contributed by atoms with E-state index in [-0.39, 0.29) is 16.8 Å². The van der Waals surface area contributed by atoms with Crippen molar-refractivity contribution in [3.8, 4) is 5.75 Å². The number of nitrogens with one attached hydrogen (secondary N) is 1. The molecular formula is C24H34FN3O2Si. The molecule has 31 heavy (non-hydrogen) atoms. The lowest BCUT2D eigenvalue weighted by atomic mass is 9.93. The number of hydrogen-bond donors (Lipinski definition) is 1. The monoisotopic (exact) mass is 443 g/mol. The zero-order valence-corrected chi connectivity index (χ0v) is 20.2. The molecule has 1 aromatic carbocycles. The van der Waals surface area contributed by atoms with Gasteiger partial charge in [0.1, 0.15) is 17.4 Å². The molecule has 1 amide bonds. The summed E-state index contributed by atoms with van der Waals surface area (Å²) in [6, 6.07) is 10.3. The van der Waals surface area contributed by atoms with Crippen LogP contribution in [0.25, 0.3) is 0 Å². The van der Waals surface area contributed by atoms with Crippen molar-refractivity contribution in [2.24, 2.45) is 5.92 Å². The first-order chi connectivity index (χ1) is 14.5. The van der Waals surface area contributed by atoms with E-state index < -0.39 is 8.32 Å². The highest BCUT2D eigenvalue weighted by Crippen LogP contribution is 2.37. The van der Waals surface area contributed by atoms with Crippen molar-refractivity contribution in [2.75, 3.05) is 23.3 Å². The van der Waals surface area contributed by atoms with E-state index in [9.17, 15) is 9.18 Å². The van der Waals surface area contributed by atoms with E-state index in [0.29, 0.717) is 18.2 Å². The average Bonchev–Trinajstić information content (AvgIpc) is 2.70. The molecular weight excluding hydrogens is 409 g/mol. The first kappa shape index (κ1) is 23.3. The number of pyridine rings is 1. The van der Waals surface area contributed by atoms with Crippen LogP contribution < -0.4 is 14.6 Å². The van der Waals surface area contributed by atoms with Crippen LogP contribution in [0, 0.1) is 11.7 Å². The third-order valence-electron chi connectivity index (χ3n) is 6.46. The number of hydrogen-bond acceptors (Lipinski definition) is 4. The van der Waals surface area contributed by atoms with E-state index in [1.54, 1.807) is 12.3 Å². The molecule has 1 aliphatic heterocycles. The molecule has 0 saturated carbocycles. The van der Waals surface area contributed by atoms with Crippen molar-refractivity contribution in [3.05, 3.63) is 48.4 Å². The van der Waals surface area contributed by atoms with E-state index in [4.69, 9.17) is 4.43 Å². The summed E-state index contributed by atoms with van der Waals surface area (Å²) in [5.74, 6) is 1.42. The summed E-state index contributed by atoms with van der Waals surface area (Å²) in [5.41, 5.74) is 1.04. The molecule has 0 atom stereocenters. The van der Waals surface area contributed by atoms with Gasteiger partial charge >= 0.3 is 0 Å². The molecule has 5 nitrogen and oxygen atoms in total. The van der Waals surface area contributed by atoms with Gasteiger partial charge in [0.2, 0.25) is 5.91 Å². The van der Waals surface area contributed by atoms with Crippen LogP contribution in [0.4, 0.5) is 15.9 Å². The fourth-order valence-corrected chi connectivity index (χ4v) is 4.48. The summed E-state index contributed by atoms with van der Waals surface area (Å²) < 4.78 is 19.3. The lowest BCUT2D eigenvalue weighted by Crippen LogP contribution is -2.43. The molecule has 0 unspecified atom stereocenters. The molecule has 1 fully saturated rings.